The van der Waals surface area contributed by atoms with Crippen molar-refractivity contribution < 1.29 is 9.84 Å². The van der Waals surface area contributed by atoms with Crippen molar-refractivity contribution in [1.29, 1.82) is 0 Å². The molecule has 1 heterocycles. The lowest BCUT2D eigenvalue weighted by Crippen LogP contribution is -2.46. The summed E-state index contributed by atoms with van der Waals surface area (Å²) in [5, 5.41) is 9.76. The molecule has 0 bridgehead atoms. The molecule has 0 spiro atoms. The second kappa shape index (κ2) is 8.13. The summed E-state index contributed by atoms with van der Waals surface area (Å²) in [6, 6.07) is 0.563. The van der Waals surface area contributed by atoms with E-state index in [0.29, 0.717) is 12.6 Å². The van der Waals surface area contributed by atoms with Gasteiger partial charge in [-0.3, -0.25) is 0 Å². The number of hydrogen-bond donors (Lipinski definition) is 1. The van der Waals surface area contributed by atoms with Crippen molar-refractivity contribution >= 4 is 0 Å². The molecule has 3 nitrogen and oxygen atoms in total. The monoisotopic (exact) mass is 257 g/mol. The summed E-state index contributed by atoms with van der Waals surface area (Å²) in [7, 11) is 0. The van der Waals surface area contributed by atoms with Gasteiger partial charge in [0.15, 0.2) is 0 Å². The van der Waals surface area contributed by atoms with Crippen LogP contribution in [-0.4, -0.2) is 49.0 Å². The zero-order chi connectivity index (χ0) is 13.4. The van der Waals surface area contributed by atoms with Gasteiger partial charge in [0.1, 0.15) is 0 Å². The molecule has 0 aromatic rings. The molecule has 1 fully saturated rings. The Balaban J connectivity index is 2.51. The highest BCUT2D eigenvalue weighted by Crippen LogP contribution is 2.31. The van der Waals surface area contributed by atoms with Crippen molar-refractivity contribution in [2.75, 3.05) is 32.9 Å². The van der Waals surface area contributed by atoms with E-state index in [9.17, 15) is 5.11 Å². The Hall–Kier alpha value is -0.120. The van der Waals surface area contributed by atoms with E-state index in [1.807, 2.05) is 0 Å². The van der Waals surface area contributed by atoms with Crippen LogP contribution in [0.3, 0.4) is 0 Å². The summed E-state index contributed by atoms with van der Waals surface area (Å²) in [6.45, 7) is 10.9. The van der Waals surface area contributed by atoms with E-state index in [1.165, 1.54) is 19.3 Å². The molecule has 0 aliphatic carbocycles. The van der Waals surface area contributed by atoms with Crippen molar-refractivity contribution in [3.05, 3.63) is 0 Å². The van der Waals surface area contributed by atoms with Crippen LogP contribution in [0.15, 0.2) is 0 Å². The quantitative estimate of drug-likeness (QED) is 0.679. The summed E-state index contributed by atoms with van der Waals surface area (Å²) in [5.74, 6) is 0. The first-order chi connectivity index (χ1) is 8.63. The second-order valence-corrected chi connectivity index (χ2v) is 6.04. The van der Waals surface area contributed by atoms with Gasteiger partial charge in [-0.05, 0) is 39.7 Å². The molecule has 0 aromatic heterocycles. The van der Waals surface area contributed by atoms with E-state index in [-0.39, 0.29) is 5.41 Å². The Morgan fingerprint density at radius 2 is 1.89 bits per heavy atom. The molecule has 1 saturated heterocycles. The van der Waals surface area contributed by atoms with Crippen LogP contribution in [0.4, 0.5) is 0 Å². The maximum Gasteiger partial charge on any atom is 0.0501 e. The highest BCUT2D eigenvalue weighted by Gasteiger charge is 2.34. The van der Waals surface area contributed by atoms with Crippen molar-refractivity contribution in [3.8, 4) is 0 Å². The average Bonchev–Trinajstić information content (AvgIpc) is 2.39. The zero-order valence-corrected chi connectivity index (χ0v) is 12.5. The third kappa shape index (κ3) is 4.87. The summed E-state index contributed by atoms with van der Waals surface area (Å²) >= 11 is 0. The van der Waals surface area contributed by atoms with Gasteiger partial charge in [0.25, 0.3) is 0 Å². The third-order valence-corrected chi connectivity index (χ3v) is 4.21. The first-order valence-electron chi connectivity index (χ1n) is 7.56. The summed E-state index contributed by atoms with van der Waals surface area (Å²) in [4.78, 5) is 2.54. The average molecular weight is 257 g/mol. The minimum atomic E-state index is 0.0781. The molecule has 1 aliphatic heterocycles. The predicted molar refractivity (Wildman–Crippen MR) is 75.8 cm³/mol. The lowest BCUT2D eigenvalue weighted by atomic mass is 9.80. The van der Waals surface area contributed by atoms with Gasteiger partial charge < -0.3 is 14.7 Å². The summed E-state index contributed by atoms with van der Waals surface area (Å²) < 4.78 is 5.44. The number of ether oxygens (including phenoxy) is 1. The van der Waals surface area contributed by atoms with E-state index < -0.39 is 0 Å². The zero-order valence-electron chi connectivity index (χ0n) is 12.5. The van der Waals surface area contributed by atoms with Gasteiger partial charge in [0.2, 0.25) is 0 Å². The minimum absolute atomic E-state index is 0.0781. The molecule has 108 valence electrons. The van der Waals surface area contributed by atoms with Crippen LogP contribution in [0.25, 0.3) is 0 Å². The molecule has 0 amide bonds. The van der Waals surface area contributed by atoms with E-state index in [1.54, 1.807) is 0 Å². The Morgan fingerprint density at radius 1 is 1.22 bits per heavy atom. The number of aliphatic hydroxyl groups is 1. The standard InChI is InChI=1S/C15H31NO2/c1-4-5-6-9-16(14(2)3)12-15(13-17)7-10-18-11-8-15/h14,17H,4-13H2,1-3H3. The minimum Gasteiger partial charge on any atom is -0.396 e. The lowest BCUT2D eigenvalue weighted by molar-refractivity contribution is -0.0389. The fourth-order valence-corrected chi connectivity index (χ4v) is 2.69. The largest absolute Gasteiger partial charge is 0.396 e. The topological polar surface area (TPSA) is 32.7 Å². The third-order valence-electron chi connectivity index (χ3n) is 4.21. The van der Waals surface area contributed by atoms with Crippen LogP contribution < -0.4 is 0 Å². The molecule has 3 heteroatoms. The number of aliphatic hydroxyl groups excluding tert-OH is 1. The molecule has 1 rings (SSSR count). The molecule has 18 heavy (non-hydrogen) atoms. The summed E-state index contributed by atoms with van der Waals surface area (Å²) in [5.41, 5.74) is 0.0781. The Bertz CT molecular complexity index is 213. The molecule has 0 atom stereocenters. The Labute approximate surface area is 113 Å². The van der Waals surface area contributed by atoms with Crippen LogP contribution in [0, 0.1) is 5.41 Å². The van der Waals surface area contributed by atoms with Crippen molar-refractivity contribution in [2.45, 2.75) is 58.9 Å². The molecule has 1 N–H and O–H groups in total. The van der Waals surface area contributed by atoms with E-state index >= 15 is 0 Å². The SMILES string of the molecule is CCCCCN(CC1(CO)CCOCC1)C(C)C. The Morgan fingerprint density at radius 3 is 2.39 bits per heavy atom. The van der Waals surface area contributed by atoms with E-state index in [0.717, 1.165) is 39.1 Å². The number of nitrogens with zero attached hydrogens (tertiary/aromatic N) is 1. The molecule has 0 radical (unpaired) electrons. The van der Waals surface area contributed by atoms with Gasteiger partial charge >= 0.3 is 0 Å². The van der Waals surface area contributed by atoms with Crippen LogP contribution in [0.1, 0.15) is 52.9 Å². The van der Waals surface area contributed by atoms with Crippen LogP contribution in [0.2, 0.25) is 0 Å². The maximum atomic E-state index is 9.76. The van der Waals surface area contributed by atoms with Crippen molar-refractivity contribution in [1.82, 2.24) is 4.90 Å². The highest BCUT2D eigenvalue weighted by molar-refractivity contribution is 4.85. The molecule has 0 unspecified atom stereocenters. The van der Waals surface area contributed by atoms with Crippen molar-refractivity contribution in [2.24, 2.45) is 5.41 Å². The van der Waals surface area contributed by atoms with Crippen molar-refractivity contribution in [3.63, 3.8) is 0 Å². The molecule has 0 saturated carbocycles. The smallest absolute Gasteiger partial charge is 0.0501 e. The first-order valence-corrected chi connectivity index (χ1v) is 7.56. The van der Waals surface area contributed by atoms with E-state index in [2.05, 4.69) is 25.7 Å². The second-order valence-electron chi connectivity index (χ2n) is 6.04. The van der Waals surface area contributed by atoms with Crippen LogP contribution in [-0.2, 0) is 4.74 Å². The van der Waals surface area contributed by atoms with Gasteiger partial charge in [0.05, 0.1) is 6.61 Å². The Kier molecular flexibility index (Phi) is 7.20. The fourth-order valence-electron chi connectivity index (χ4n) is 2.69. The highest BCUT2D eigenvalue weighted by atomic mass is 16.5. The predicted octanol–water partition coefficient (Wildman–Crippen LogP) is 2.68. The van der Waals surface area contributed by atoms with Gasteiger partial charge in [0, 0.05) is 31.2 Å². The van der Waals surface area contributed by atoms with Crippen LogP contribution in [0.5, 0.6) is 0 Å². The number of hydrogen-bond acceptors (Lipinski definition) is 3. The van der Waals surface area contributed by atoms with Gasteiger partial charge in [-0.15, -0.1) is 0 Å². The molecule has 1 aliphatic rings. The van der Waals surface area contributed by atoms with Crippen LogP contribution >= 0.6 is 0 Å². The normalized spacial score (nSPS) is 19.7. The van der Waals surface area contributed by atoms with Gasteiger partial charge in [-0.2, -0.15) is 0 Å². The number of unbranched alkanes of at least 4 members (excludes halogenated alkanes) is 2. The maximum absolute atomic E-state index is 9.76. The first kappa shape index (κ1) is 15.9. The molecular formula is C15H31NO2. The van der Waals surface area contributed by atoms with Gasteiger partial charge in [-0.1, -0.05) is 19.8 Å². The number of rotatable bonds is 8. The summed E-state index contributed by atoms with van der Waals surface area (Å²) in [6.07, 6.45) is 5.84. The molecular weight excluding hydrogens is 226 g/mol. The lowest BCUT2D eigenvalue weighted by Gasteiger charge is -2.41. The fraction of sp³-hybridized carbons (Fsp3) is 1.00. The van der Waals surface area contributed by atoms with E-state index in [4.69, 9.17) is 4.74 Å². The van der Waals surface area contributed by atoms with Gasteiger partial charge in [-0.25, -0.2) is 0 Å². The molecule has 0 aromatic carbocycles.